The maximum absolute atomic E-state index is 14.0. The first-order chi connectivity index (χ1) is 18.4. The van der Waals surface area contributed by atoms with Crippen LogP contribution >= 0.6 is 0 Å². The lowest BCUT2D eigenvalue weighted by molar-refractivity contribution is -0.143. The maximum Gasteiger partial charge on any atom is 0.416 e. The molecule has 1 aliphatic heterocycles. The van der Waals surface area contributed by atoms with Gasteiger partial charge in [0.15, 0.2) is 0 Å². The number of hydrogen-bond donors (Lipinski definition) is 1. The van der Waals surface area contributed by atoms with Crippen LogP contribution in [0.4, 0.5) is 37.7 Å². The van der Waals surface area contributed by atoms with E-state index < -0.39 is 46.4 Å². The maximum atomic E-state index is 14.0. The molecule has 1 N–H and O–H groups in total. The molecule has 1 saturated heterocycles. The van der Waals surface area contributed by atoms with E-state index in [1.54, 1.807) is 6.92 Å². The van der Waals surface area contributed by atoms with Gasteiger partial charge in [-0.1, -0.05) is 45.9 Å². The number of amides is 2. The van der Waals surface area contributed by atoms with Gasteiger partial charge < -0.3 is 15.1 Å². The molecule has 0 aromatic heterocycles. The molecular weight excluding hydrogens is 536 g/mol. The van der Waals surface area contributed by atoms with Crippen LogP contribution in [0.15, 0.2) is 36.4 Å². The summed E-state index contributed by atoms with van der Waals surface area (Å²) in [5, 5.41) is 2.34. The molecule has 0 radical (unpaired) electrons. The van der Waals surface area contributed by atoms with Crippen molar-refractivity contribution in [1.82, 2.24) is 4.90 Å². The monoisotopic (exact) mass is 571 g/mol. The molecule has 2 aromatic carbocycles. The van der Waals surface area contributed by atoms with Crippen molar-refractivity contribution in [2.24, 2.45) is 17.3 Å². The molecule has 0 spiro atoms. The second-order valence-electron chi connectivity index (χ2n) is 11.0. The highest BCUT2D eigenvalue weighted by atomic mass is 19.4. The topological polar surface area (TPSA) is 52.7 Å². The number of aryl methyl sites for hydroxylation is 2. The Morgan fingerprint density at radius 1 is 1.05 bits per heavy atom. The largest absolute Gasteiger partial charge is 0.416 e. The minimum absolute atomic E-state index is 0.0112. The Balaban J connectivity index is 2.12. The fourth-order valence-electron chi connectivity index (χ4n) is 5.42. The van der Waals surface area contributed by atoms with Gasteiger partial charge in [0.2, 0.25) is 11.8 Å². The number of benzene rings is 2. The molecule has 0 saturated carbocycles. The third-order valence-electron chi connectivity index (χ3n) is 7.49. The van der Waals surface area contributed by atoms with Crippen molar-refractivity contribution in [3.05, 3.63) is 58.7 Å². The predicted molar refractivity (Wildman–Crippen MR) is 142 cm³/mol. The van der Waals surface area contributed by atoms with Crippen LogP contribution in [0.3, 0.4) is 0 Å². The van der Waals surface area contributed by atoms with Gasteiger partial charge in [0.1, 0.15) is 0 Å². The first-order valence-corrected chi connectivity index (χ1v) is 13.1. The predicted octanol–water partition coefficient (Wildman–Crippen LogP) is 6.93. The van der Waals surface area contributed by atoms with Crippen molar-refractivity contribution < 1.29 is 35.9 Å². The fourth-order valence-corrected chi connectivity index (χ4v) is 5.42. The molecule has 1 aliphatic rings. The number of alkyl halides is 6. The lowest BCUT2D eigenvalue weighted by atomic mass is 9.77. The zero-order valence-electron chi connectivity index (χ0n) is 23.4. The number of rotatable bonds is 8. The molecule has 3 rings (SSSR count). The summed E-state index contributed by atoms with van der Waals surface area (Å²) in [5.74, 6) is -1.84. The van der Waals surface area contributed by atoms with Gasteiger partial charge in [0.05, 0.1) is 22.5 Å². The molecular formula is C29H35F6N3O2. The Bertz CT molecular complexity index is 1200. The van der Waals surface area contributed by atoms with Crippen molar-refractivity contribution in [2.45, 2.75) is 53.9 Å². The van der Waals surface area contributed by atoms with E-state index in [-0.39, 0.29) is 31.0 Å². The summed E-state index contributed by atoms with van der Waals surface area (Å²) in [5.41, 5.74) is -2.91. The molecule has 5 nitrogen and oxygen atoms in total. The molecule has 11 heteroatoms. The van der Waals surface area contributed by atoms with Gasteiger partial charge in [0.25, 0.3) is 0 Å². The van der Waals surface area contributed by atoms with Gasteiger partial charge in [-0.05, 0) is 55.6 Å². The number of carbonyl (C=O) groups is 2. The number of carbonyl (C=O) groups excluding carboxylic acids is 2. The summed E-state index contributed by atoms with van der Waals surface area (Å²) in [6.45, 7) is 12.2. The van der Waals surface area contributed by atoms with Crippen LogP contribution < -0.4 is 10.2 Å². The number of anilines is 2. The standard InChI is InChI=1S/C29H35F6N3O2/c1-7-37(14-17(2)3)15-27(16-38(25(39)20(27)6)24-18(4)9-8-10-19(24)5)26(40)36-23-12-21(28(30,31)32)11-22(13-23)29(33,34)35/h8-13,17,20H,7,14-16H2,1-6H3,(H,36,40)/t20-,27-/m1/s1. The molecule has 2 aromatic rings. The van der Waals surface area contributed by atoms with Gasteiger partial charge in [-0.2, -0.15) is 26.3 Å². The zero-order chi connectivity index (χ0) is 30.2. The van der Waals surface area contributed by atoms with E-state index in [1.807, 2.05) is 57.7 Å². The molecule has 1 heterocycles. The van der Waals surface area contributed by atoms with Gasteiger partial charge in [-0.15, -0.1) is 0 Å². The average Bonchev–Trinajstić information content (AvgIpc) is 3.08. The number of halogens is 6. The fraction of sp³-hybridized carbons (Fsp3) is 0.517. The summed E-state index contributed by atoms with van der Waals surface area (Å²) in [7, 11) is 0. The Morgan fingerprint density at radius 3 is 2.02 bits per heavy atom. The highest BCUT2D eigenvalue weighted by Gasteiger charge is 2.56. The second-order valence-corrected chi connectivity index (χ2v) is 11.0. The van der Waals surface area contributed by atoms with E-state index >= 15 is 0 Å². The van der Waals surface area contributed by atoms with Crippen molar-refractivity contribution >= 4 is 23.2 Å². The van der Waals surface area contributed by atoms with Crippen LogP contribution in [0.2, 0.25) is 0 Å². The minimum Gasteiger partial charge on any atom is -0.325 e. The highest BCUT2D eigenvalue weighted by Crippen LogP contribution is 2.44. The van der Waals surface area contributed by atoms with E-state index in [9.17, 15) is 35.9 Å². The third kappa shape index (κ3) is 6.45. The van der Waals surface area contributed by atoms with E-state index in [2.05, 4.69) is 5.32 Å². The van der Waals surface area contributed by atoms with Gasteiger partial charge in [0, 0.05) is 31.0 Å². The number of para-hydroxylation sites is 1. The van der Waals surface area contributed by atoms with Gasteiger partial charge in [-0.25, -0.2) is 0 Å². The summed E-state index contributed by atoms with van der Waals surface area (Å²) < 4.78 is 80.9. The van der Waals surface area contributed by atoms with Crippen molar-refractivity contribution in [3.8, 4) is 0 Å². The molecule has 0 bridgehead atoms. The van der Waals surface area contributed by atoms with Gasteiger partial charge in [-0.3, -0.25) is 9.59 Å². The lowest BCUT2D eigenvalue weighted by Crippen LogP contribution is -2.51. The van der Waals surface area contributed by atoms with Gasteiger partial charge >= 0.3 is 12.4 Å². The van der Waals surface area contributed by atoms with Crippen LogP contribution in [0.1, 0.15) is 49.9 Å². The summed E-state index contributed by atoms with van der Waals surface area (Å²) in [4.78, 5) is 31.2. The normalized spacial score (nSPS) is 20.1. The SMILES string of the molecule is CCN(CC(C)C)C[C@@]1(C(=O)Nc2cc(C(F)(F)F)cc(C(F)(F)F)c2)CN(c2c(C)cccc2C)C(=O)[C@H]1C. The Morgan fingerprint density at radius 2 is 1.57 bits per heavy atom. The molecule has 220 valence electrons. The molecule has 2 atom stereocenters. The first-order valence-electron chi connectivity index (χ1n) is 13.1. The number of hydrogen-bond acceptors (Lipinski definition) is 3. The summed E-state index contributed by atoms with van der Waals surface area (Å²) >= 11 is 0. The summed E-state index contributed by atoms with van der Waals surface area (Å²) in [6, 6.07) is 6.48. The van der Waals surface area contributed by atoms with E-state index in [0.29, 0.717) is 30.9 Å². The van der Waals surface area contributed by atoms with E-state index in [1.165, 1.54) is 4.90 Å². The summed E-state index contributed by atoms with van der Waals surface area (Å²) in [6.07, 6.45) is -10.1. The minimum atomic E-state index is -5.07. The van der Waals surface area contributed by atoms with Crippen LogP contribution in [-0.2, 0) is 21.9 Å². The molecule has 2 amide bonds. The number of nitrogens with zero attached hydrogens (tertiary/aromatic N) is 2. The molecule has 0 aliphatic carbocycles. The molecule has 1 fully saturated rings. The highest BCUT2D eigenvalue weighted by molar-refractivity contribution is 6.08. The van der Waals surface area contributed by atoms with E-state index in [4.69, 9.17) is 0 Å². The lowest BCUT2D eigenvalue weighted by Gasteiger charge is -2.36. The zero-order valence-corrected chi connectivity index (χ0v) is 23.4. The average molecular weight is 572 g/mol. The molecule has 40 heavy (non-hydrogen) atoms. The van der Waals surface area contributed by atoms with Crippen LogP contribution in [0.25, 0.3) is 0 Å². The van der Waals surface area contributed by atoms with Crippen LogP contribution in [0, 0.1) is 31.1 Å². The van der Waals surface area contributed by atoms with E-state index in [0.717, 1.165) is 11.1 Å². The van der Waals surface area contributed by atoms with Crippen LogP contribution in [-0.4, -0.2) is 42.9 Å². The second kappa shape index (κ2) is 11.4. The smallest absolute Gasteiger partial charge is 0.325 e. The Hall–Kier alpha value is -3.08. The van der Waals surface area contributed by atoms with Crippen molar-refractivity contribution in [1.29, 1.82) is 0 Å². The first kappa shape index (κ1) is 31.4. The van der Waals surface area contributed by atoms with Crippen molar-refractivity contribution in [2.75, 3.05) is 36.4 Å². The Labute approximate surface area is 230 Å². The van der Waals surface area contributed by atoms with Crippen molar-refractivity contribution in [3.63, 3.8) is 0 Å². The quantitative estimate of drug-likeness (QED) is 0.350. The number of nitrogens with one attached hydrogen (secondary N) is 1. The third-order valence-corrected chi connectivity index (χ3v) is 7.49. The van der Waals surface area contributed by atoms with Crippen LogP contribution in [0.5, 0.6) is 0 Å². The Kier molecular flexibility index (Phi) is 8.98. The molecule has 0 unspecified atom stereocenters.